The monoisotopic (exact) mass is 1010 g/mol. The van der Waals surface area contributed by atoms with E-state index in [1.54, 1.807) is 0 Å². The summed E-state index contributed by atoms with van der Waals surface area (Å²) in [5.41, 5.74) is 20.0. The maximum Gasteiger partial charge on any atom is 0.0544 e. The second kappa shape index (κ2) is 17.9. The van der Waals surface area contributed by atoms with Crippen LogP contribution in [0, 0.1) is 0 Å². The molecule has 0 spiro atoms. The van der Waals surface area contributed by atoms with Crippen LogP contribution in [-0.2, 0) is 10.8 Å². The highest BCUT2D eigenvalue weighted by molar-refractivity contribution is 5.98. The zero-order valence-corrected chi connectivity index (χ0v) is 44.8. The molecule has 0 radical (unpaired) electrons. The molecule has 0 aliphatic carbocycles. The number of hydrogen-bond donors (Lipinski definition) is 0. The van der Waals surface area contributed by atoms with Crippen LogP contribution in [0.3, 0.4) is 0 Å². The standard InChI is InChI=1S/C76H57N3/c1-75(2)68-23-13-14-24-72(68)79-73-42-33-60(54-25-34-62(35-26-54)77(64-38-29-50-15-5-9-19-56(50)43-64)65-39-30-51-16-6-10-20-57(51)44-65)47-69(73)76(3,4)71-49-61(48-70(75)74(71)79)55-27-36-63(37-28-55)78(66-40-31-52-17-7-11-21-58(52)45-66)67-41-32-53-18-8-12-22-59(53)46-67/h5-49H,1-4H3. The van der Waals surface area contributed by atoms with E-state index in [0.717, 1.165) is 34.1 Å². The Morgan fingerprint density at radius 3 is 0.987 bits per heavy atom. The molecule has 3 nitrogen and oxygen atoms in total. The first-order valence-corrected chi connectivity index (χ1v) is 27.6. The van der Waals surface area contributed by atoms with Crippen LogP contribution in [0.1, 0.15) is 49.9 Å². The third-order valence-corrected chi connectivity index (χ3v) is 17.3. The van der Waals surface area contributed by atoms with Gasteiger partial charge in [0, 0.05) is 45.0 Å². The van der Waals surface area contributed by atoms with Gasteiger partial charge in [-0.1, -0.05) is 198 Å². The average Bonchev–Trinajstić information content (AvgIpc) is 3.62. The Kier molecular flexibility index (Phi) is 10.6. The van der Waals surface area contributed by atoms with Crippen molar-refractivity contribution in [3.05, 3.63) is 295 Å². The van der Waals surface area contributed by atoms with E-state index in [1.807, 2.05) is 0 Å². The molecule has 13 aromatic rings. The third-order valence-electron chi connectivity index (χ3n) is 17.3. The Labute approximate surface area is 462 Å². The molecule has 0 unspecified atom stereocenters. The van der Waals surface area contributed by atoms with Gasteiger partial charge in [0.05, 0.1) is 17.1 Å². The van der Waals surface area contributed by atoms with Crippen LogP contribution in [0.15, 0.2) is 273 Å². The molecular weight excluding hydrogens is 955 g/mol. The van der Waals surface area contributed by atoms with Crippen LogP contribution >= 0.6 is 0 Å². The minimum absolute atomic E-state index is 0.251. The molecule has 2 heterocycles. The van der Waals surface area contributed by atoms with E-state index in [9.17, 15) is 0 Å². The summed E-state index contributed by atoms with van der Waals surface area (Å²) >= 11 is 0. The summed E-state index contributed by atoms with van der Waals surface area (Å²) < 4.78 is 0. The Balaban J connectivity index is 0.828. The van der Waals surface area contributed by atoms with Gasteiger partial charge in [-0.15, -0.1) is 0 Å². The zero-order chi connectivity index (χ0) is 53.0. The summed E-state index contributed by atoms with van der Waals surface area (Å²) in [5.74, 6) is 0. The van der Waals surface area contributed by atoms with Crippen molar-refractivity contribution < 1.29 is 0 Å². The zero-order valence-electron chi connectivity index (χ0n) is 44.8. The molecule has 0 bridgehead atoms. The molecule has 0 aromatic heterocycles. The van der Waals surface area contributed by atoms with Gasteiger partial charge in [-0.25, -0.2) is 0 Å². The minimum Gasteiger partial charge on any atom is -0.310 e. The van der Waals surface area contributed by atoms with Crippen molar-refractivity contribution in [2.75, 3.05) is 14.7 Å². The van der Waals surface area contributed by atoms with Gasteiger partial charge in [-0.3, -0.25) is 0 Å². The summed E-state index contributed by atoms with van der Waals surface area (Å²) in [6, 6.07) is 101. The van der Waals surface area contributed by atoms with Gasteiger partial charge in [0.15, 0.2) is 0 Å². The molecule has 0 N–H and O–H groups in total. The first-order chi connectivity index (χ1) is 38.6. The molecule has 3 heteroatoms. The number of para-hydroxylation sites is 1. The fourth-order valence-electron chi connectivity index (χ4n) is 13.0. The number of hydrogen-bond acceptors (Lipinski definition) is 3. The summed E-state index contributed by atoms with van der Waals surface area (Å²) in [5, 5.41) is 9.79. The number of rotatable bonds is 8. The Bertz CT molecular complexity index is 4410. The van der Waals surface area contributed by atoms with E-state index in [-0.39, 0.29) is 10.8 Å². The molecular formula is C76H57N3. The minimum atomic E-state index is -0.337. The highest BCUT2D eigenvalue weighted by Crippen LogP contribution is 2.61. The third kappa shape index (κ3) is 7.63. The van der Waals surface area contributed by atoms with E-state index in [2.05, 4.69) is 315 Å². The molecule has 376 valence electrons. The van der Waals surface area contributed by atoms with Gasteiger partial charge in [0.25, 0.3) is 0 Å². The molecule has 79 heavy (non-hydrogen) atoms. The highest BCUT2D eigenvalue weighted by Gasteiger charge is 2.46. The van der Waals surface area contributed by atoms with E-state index in [4.69, 9.17) is 0 Å². The lowest BCUT2D eigenvalue weighted by molar-refractivity contribution is 0.598. The largest absolute Gasteiger partial charge is 0.310 e. The normalized spacial score (nSPS) is 13.7. The fraction of sp³-hybridized carbons (Fsp3) is 0.0789. The summed E-state index contributed by atoms with van der Waals surface area (Å²) in [6.45, 7) is 9.68. The number of fused-ring (bicyclic) bond motifs is 8. The highest BCUT2D eigenvalue weighted by atomic mass is 15.2. The van der Waals surface area contributed by atoms with Gasteiger partial charge in [-0.2, -0.15) is 0 Å². The Morgan fingerprint density at radius 2 is 0.557 bits per heavy atom. The van der Waals surface area contributed by atoms with Crippen LogP contribution in [0.2, 0.25) is 0 Å². The maximum atomic E-state index is 2.57. The summed E-state index contributed by atoms with van der Waals surface area (Å²) in [7, 11) is 0. The molecule has 2 aliphatic rings. The lowest BCUT2D eigenvalue weighted by Gasteiger charge is -2.50. The fourth-order valence-corrected chi connectivity index (χ4v) is 13.0. The van der Waals surface area contributed by atoms with Crippen LogP contribution in [-0.4, -0.2) is 0 Å². The summed E-state index contributed by atoms with van der Waals surface area (Å²) in [6.07, 6.45) is 0. The first kappa shape index (κ1) is 46.6. The van der Waals surface area contributed by atoms with E-state index >= 15 is 0 Å². The second-order valence-electron chi connectivity index (χ2n) is 22.6. The predicted molar refractivity (Wildman–Crippen MR) is 336 cm³/mol. The molecule has 0 fully saturated rings. The van der Waals surface area contributed by atoms with Crippen molar-refractivity contribution in [2.24, 2.45) is 0 Å². The molecule has 0 saturated carbocycles. The maximum absolute atomic E-state index is 2.57. The van der Waals surface area contributed by atoms with Crippen LogP contribution in [0.5, 0.6) is 0 Å². The Morgan fingerprint density at radius 1 is 0.241 bits per heavy atom. The Hall–Kier alpha value is -9.70. The molecule has 0 amide bonds. The average molecular weight is 1010 g/mol. The van der Waals surface area contributed by atoms with Crippen molar-refractivity contribution in [1.29, 1.82) is 0 Å². The van der Waals surface area contributed by atoms with Crippen molar-refractivity contribution in [3.8, 4) is 22.3 Å². The van der Waals surface area contributed by atoms with Crippen molar-refractivity contribution in [1.82, 2.24) is 0 Å². The molecule has 13 aromatic carbocycles. The van der Waals surface area contributed by atoms with Gasteiger partial charge < -0.3 is 14.7 Å². The van der Waals surface area contributed by atoms with Gasteiger partial charge in [-0.05, 0) is 191 Å². The molecule has 0 atom stereocenters. The van der Waals surface area contributed by atoms with Crippen LogP contribution in [0.4, 0.5) is 51.2 Å². The molecule has 15 rings (SSSR count). The van der Waals surface area contributed by atoms with Gasteiger partial charge in [0.1, 0.15) is 0 Å². The molecule has 2 aliphatic heterocycles. The smallest absolute Gasteiger partial charge is 0.0544 e. The van der Waals surface area contributed by atoms with Crippen LogP contribution < -0.4 is 14.7 Å². The van der Waals surface area contributed by atoms with Crippen LogP contribution in [0.25, 0.3) is 65.3 Å². The SMILES string of the molecule is CC1(C)c2ccccc2N2c3ccc(-c4ccc(N(c5ccc6ccccc6c5)c5ccc6ccccc6c5)cc4)cc3C(C)(C)c3cc(-c4ccc(N(c5ccc6ccccc6c5)c5ccc6ccccc6c5)cc4)cc1c32. The van der Waals surface area contributed by atoms with Gasteiger partial charge in [0.2, 0.25) is 0 Å². The van der Waals surface area contributed by atoms with Crippen molar-refractivity contribution >= 4 is 94.3 Å². The van der Waals surface area contributed by atoms with Crippen molar-refractivity contribution in [3.63, 3.8) is 0 Å². The molecule has 0 saturated heterocycles. The van der Waals surface area contributed by atoms with E-state index in [1.165, 1.54) is 105 Å². The quantitative estimate of drug-likeness (QED) is 0.150. The second-order valence-corrected chi connectivity index (χ2v) is 22.6. The number of nitrogens with zero attached hydrogens (tertiary/aromatic N) is 3. The van der Waals surface area contributed by atoms with E-state index < -0.39 is 0 Å². The van der Waals surface area contributed by atoms with Crippen molar-refractivity contribution in [2.45, 2.75) is 38.5 Å². The predicted octanol–water partition coefficient (Wildman–Crippen LogP) is 21.3. The topological polar surface area (TPSA) is 9.72 Å². The lowest BCUT2D eigenvalue weighted by Crippen LogP contribution is -2.38. The van der Waals surface area contributed by atoms with Gasteiger partial charge >= 0.3 is 0 Å². The number of benzene rings is 13. The lowest BCUT2D eigenvalue weighted by atomic mass is 9.65. The summed E-state index contributed by atoms with van der Waals surface area (Å²) in [4.78, 5) is 7.36. The first-order valence-electron chi connectivity index (χ1n) is 27.6. The van der Waals surface area contributed by atoms with E-state index in [0.29, 0.717) is 0 Å². The number of anilines is 9.